The fraction of sp³-hybridized carbons (Fsp3) is 0.333. The van der Waals surface area contributed by atoms with Gasteiger partial charge in [-0.15, -0.1) is 0 Å². The van der Waals surface area contributed by atoms with Gasteiger partial charge < -0.3 is 10.7 Å². The molecule has 0 saturated carbocycles. The number of carbonyl (C=O) groups excluding carboxylic acids is 2. The monoisotopic (exact) mass is 352 g/mol. The van der Waals surface area contributed by atoms with Gasteiger partial charge in [-0.05, 0) is 24.0 Å². The number of nitrogens with one attached hydrogen (secondary N) is 1. The van der Waals surface area contributed by atoms with Crippen LogP contribution < -0.4 is 5.73 Å². The molecule has 1 aromatic heterocycles. The molecule has 0 fully saturated rings. The number of hydrogen-bond acceptors (Lipinski definition) is 2. The Hall–Kier alpha value is -2.57. The van der Waals surface area contributed by atoms with Gasteiger partial charge in [0, 0.05) is 23.9 Å². The lowest BCUT2D eigenvalue weighted by Crippen LogP contribution is -2.28. The zero-order valence-corrected chi connectivity index (χ0v) is 13.9. The number of H-pyrrole nitrogens is 1. The number of carbonyl (C=O) groups is 2. The van der Waals surface area contributed by atoms with Crippen molar-refractivity contribution in [1.82, 2.24) is 4.98 Å². The van der Waals surface area contributed by atoms with E-state index < -0.39 is 17.5 Å². The zero-order chi connectivity index (χ0) is 18.8. The summed E-state index contributed by atoms with van der Waals surface area (Å²) in [5, 5.41) is 0. The summed E-state index contributed by atoms with van der Waals surface area (Å²) in [6, 6.07) is 8.76. The average molecular weight is 352 g/mol. The molecule has 134 valence electrons. The van der Waals surface area contributed by atoms with Crippen LogP contribution in [0.15, 0.2) is 36.5 Å². The van der Waals surface area contributed by atoms with E-state index in [-0.39, 0.29) is 23.3 Å². The maximum atomic E-state index is 12.6. The molecule has 4 nitrogen and oxygen atoms in total. The standard InChI is InChI=1S/C11H12F3NO.C7H7NO/c1-10(2)3-7-9(8(16)4-10)6(5-15-7)11(12,13)14;8-7(9)6-4-2-1-3-5-6/h5,15H,3-4H2,1-2H3;1-5H,(H2,8,9). The lowest BCUT2D eigenvalue weighted by Gasteiger charge is -2.28. The van der Waals surface area contributed by atoms with E-state index in [1.165, 1.54) is 0 Å². The number of benzene rings is 1. The summed E-state index contributed by atoms with van der Waals surface area (Å²) in [6.45, 7) is 3.75. The number of hydrogen-bond donors (Lipinski definition) is 2. The number of fused-ring (bicyclic) bond motifs is 1. The van der Waals surface area contributed by atoms with Crippen LogP contribution in [0.25, 0.3) is 0 Å². The van der Waals surface area contributed by atoms with Crippen molar-refractivity contribution >= 4 is 11.7 Å². The van der Waals surface area contributed by atoms with Gasteiger partial charge in [-0.1, -0.05) is 32.0 Å². The second kappa shape index (κ2) is 6.74. The minimum absolute atomic E-state index is 0.160. The number of nitrogens with two attached hydrogens (primary N) is 1. The van der Waals surface area contributed by atoms with Gasteiger partial charge in [0.15, 0.2) is 5.78 Å². The summed E-state index contributed by atoms with van der Waals surface area (Å²) >= 11 is 0. The quantitative estimate of drug-likeness (QED) is 0.815. The van der Waals surface area contributed by atoms with Crippen LogP contribution in [-0.2, 0) is 12.6 Å². The number of amides is 1. The first-order valence-corrected chi connectivity index (χ1v) is 7.67. The number of rotatable bonds is 1. The molecule has 25 heavy (non-hydrogen) atoms. The van der Waals surface area contributed by atoms with E-state index in [0.29, 0.717) is 17.7 Å². The molecular formula is C18H19F3N2O2. The van der Waals surface area contributed by atoms with E-state index in [4.69, 9.17) is 5.73 Å². The summed E-state index contributed by atoms with van der Waals surface area (Å²) in [5.41, 5.74) is 4.68. The Kier molecular flexibility index (Phi) is 5.06. The normalized spacial score (nSPS) is 15.8. The molecule has 0 atom stereocenters. The third-order valence-corrected chi connectivity index (χ3v) is 3.90. The fourth-order valence-electron chi connectivity index (χ4n) is 2.81. The number of aromatic amines is 1. The van der Waals surface area contributed by atoms with Crippen molar-refractivity contribution in [3.8, 4) is 0 Å². The molecule has 0 bridgehead atoms. The summed E-state index contributed by atoms with van der Waals surface area (Å²) in [5.74, 6) is -0.796. The van der Waals surface area contributed by atoms with Gasteiger partial charge in [0.1, 0.15) is 0 Å². The summed E-state index contributed by atoms with van der Waals surface area (Å²) < 4.78 is 37.8. The molecule has 0 unspecified atom stereocenters. The molecule has 1 heterocycles. The van der Waals surface area contributed by atoms with Crippen LogP contribution in [0.4, 0.5) is 13.2 Å². The highest BCUT2D eigenvalue weighted by Gasteiger charge is 2.41. The van der Waals surface area contributed by atoms with E-state index in [0.717, 1.165) is 6.20 Å². The van der Waals surface area contributed by atoms with Crippen molar-refractivity contribution in [2.45, 2.75) is 32.9 Å². The van der Waals surface area contributed by atoms with Crippen LogP contribution in [0, 0.1) is 5.41 Å². The maximum absolute atomic E-state index is 12.6. The Morgan fingerprint density at radius 3 is 2.24 bits per heavy atom. The largest absolute Gasteiger partial charge is 0.418 e. The molecular weight excluding hydrogens is 333 g/mol. The first-order valence-electron chi connectivity index (χ1n) is 7.67. The number of halogens is 3. The summed E-state index contributed by atoms with van der Waals surface area (Å²) in [4.78, 5) is 24.7. The number of Topliss-reactive ketones (excluding diaryl/α,β-unsaturated/α-hetero) is 1. The van der Waals surface area contributed by atoms with Crippen molar-refractivity contribution in [2.75, 3.05) is 0 Å². The minimum atomic E-state index is -4.46. The highest BCUT2D eigenvalue weighted by molar-refractivity contribution is 6.00. The van der Waals surface area contributed by atoms with Crippen LogP contribution in [0.3, 0.4) is 0 Å². The van der Waals surface area contributed by atoms with E-state index in [1.807, 2.05) is 19.9 Å². The highest BCUT2D eigenvalue weighted by Crippen LogP contribution is 2.40. The van der Waals surface area contributed by atoms with Gasteiger partial charge in [0.2, 0.25) is 5.91 Å². The van der Waals surface area contributed by atoms with Gasteiger partial charge in [0.25, 0.3) is 0 Å². The third-order valence-electron chi connectivity index (χ3n) is 3.90. The van der Waals surface area contributed by atoms with Crippen LogP contribution in [0.2, 0.25) is 0 Å². The van der Waals surface area contributed by atoms with Crippen molar-refractivity contribution in [3.63, 3.8) is 0 Å². The van der Waals surface area contributed by atoms with E-state index in [9.17, 15) is 22.8 Å². The molecule has 1 aromatic carbocycles. The van der Waals surface area contributed by atoms with Crippen molar-refractivity contribution in [1.29, 1.82) is 0 Å². The Morgan fingerprint density at radius 2 is 1.76 bits per heavy atom. The van der Waals surface area contributed by atoms with Crippen LogP contribution >= 0.6 is 0 Å². The molecule has 1 aliphatic rings. The van der Waals surface area contributed by atoms with E-state index >= 15 is 0 Å². The Bertz CT molecular complexity index is 777. The second-order valence-electron chi connectivity index (χ2n) is 6.72. The topological polar surface area (TPSA) is 75.9 Å². The predicted octanol–water partition coefficient (Wildman–Crippen LogP) is 3.97. The van der Waals surface area contributed by atoms with E-state index in [2.05, 4.69) is 4.98 Å². The van der Waals surface area contributed by atoms with Crippen LogP contribution in [-0.4, -0.2) is 16.7 Å². The maximum Gasteiger partial charge on any atom is 0.418 e. The first kappa shape index (κ1) is 18.8. The van der Waals surface area contributed by atoms with Gasteiger partial charge in [0.05, 0.1) is 11.1 Å². The predicted molar refractivity (Wildman–Crippen MR) is 87.2 cm³/mol. The molecule has 1 amide bonds. The molecule has 0 aliphatic heterocycles. The van der Waals surface area contributed by atoms with Gasteiger partial charge >= 0.3 is 6.18 Å². The van der Waals surface area contributed by atoms with Crippen LogP contribution in [0.1, 0.15) is 52.2 Å². The highest BCUT2D eigenvalue weighted by atomic mass is 19.4. The Morgan fingerprint density at radius 1 is 1.16 bits per heavy atom. The number of primary amides is 1. The van der Waals surface area contributed by atoms with Crippen molar-refractivity contribution < 1.29 is 22.8 Å². The SMILES string of the molecule is CC1(C)CC(=O)c2c(C(F)(F)F)c[nH]c2C1.NC(=O)c1ccccc1. The molecule has 3 N–H and O–H groups in total. The Balaban J connectivity index is 0.000000212. The minimum Gasteiger partial charge on any atom is -0.366 e. The molecule has 7 heteroatoms. The fourth-order valence-corrected chi connectivity index (χ4v) is 2.81. The zero-order valence-electron chi connectivity index (χ0n) is 13.9. The number of aromatic nitrogens is 1. The first-order chi connectivity index (χ1) is 11.5. The van der Waals surface area contributed by atoms with Gasteiger partial charge in [-0.2, -0.15) is 13.2 Å². The summed E-state index contributed by atoms with van der Waals surface area (Å²) in [6.07, 6.45) is -2.92. The molecule has 0 saturated heterocycles. The number of ketones is 1. The molecule has 1 aliphatic carbocycles. The smallest absolute Gasteiger partial charge is 0.366 e. The van der Waals surface area contributed by atoms with Crippen molar-refractivity contribution in [2.24, 2.45) is 11.1 Å². The third kappa shape index (κ3) is 4.49. The lowest BCUT2D eigenvalue weighted by atomic mass is 9.75. The molecule has 2 aromatic rings. The average Bonchev–Trinajstić information content (AvgIpc) is 2.91. The van der Waals surface area contributed by atoms with Crippen LogP contribution in [0.5, 0.6) is 0 Å². The second-order valence-corrected chi connectivity index (χ2v) is 6.72. The van der Waals surface area contributed by atoms with Crippen molar-refractivity contribution in [3.05, 3.63) is 58.9 Å². The lowest BCUT2D eigenvalue weighted by molar-refractivity contribution is -0.137. The summed E-state index contributed by atoms with van der Waals surface area (Å²) in [7, 11) is 0. The van der Waals surface area contributed by atoms with E-state index in [1.54, 1.807) is 24.3 Å². The molecule has 3 rings (SSSR count). The molecule has 0 radical (unpaired) electrons. The van der Waals surface area contributed by atoms with Gasteiger partial charge in [-0.3, -0.25) is 9.59 Å². The Labute approximate surface area is 143 Å². The molecule has 0 spiro atoms. The number of alkyl halides is 3. The van der Waals surface area contributed by atoms with Gasteiger partial charge in [-0.25, -0.2) is 0 Å².